The van der Waals surface area contributed by atoms with Crippen LogP contribution in [0.1, 0.15) is 16.2 Å². The molecule has 1 N–H and O–H groups in total. The molecule has 0 aliphatic carbocycles. The van der Waals surface area contributed by atoms with E-state index in [0.717, 1.165) is 0 Å². The predicted octanol–water partition coefficient (Wildman–Crippen LogP) is 1.36. The summed E-state index contributed by atoms with van der Waals surface area (Å²) in [7, 11) is 0. The molecule has 0 bridgehead atoms. The fourth-order valence-electron chi connectivity index (χ4n) is 1.07. The van der Waals surface area contributed by atoms with Gasteiger partial charge in [-0.15, -0.1) is 5.10 Å². The van der Waals surface area contributed by atoms with E-state index in [9.17, 15) is 18.0 Å². The average Bonchev–Trinajstić information content (AvgIpc) is 2.57. The SMILES string of the molecule is CSCCn1nnc(C(=O)O)c1C(F)(F)F. The highest BCUT2D eigenvalue weighted by atomic mass is 32.2. The Morgan fingerprint density at radius 1 is 1.56 bits per heavy atom. The highest BCUT2D eigenvalue weighted by molar-refractivity contribution is 7.98. The highest BCUT2D eigenvalue weighted by Crippen LogP contribution is 2.31. The van der Waals surface area contributed by atoms with Crippen molar-refractivity contribution in [2.75, 3.05) is 12.0 Å². The van der Waals surface area contributed by atoms with Crippen LogP contribution in [-0.4, -0.2) is 38.1 Å². The minimum atomic E-state index is -4.77. The summed E-state index contributed by atoms with van der Waals surface area (Å²) in [4.78, 5) is 10.5. The summed E-state index contributed by atoms with van der Waals surface area (Å²) >= 11 is 1.33. The predicted molar refractivity (Wildman–Crippen MR) is 50.4 cm³/mol. The first-order valence-electron chi connectivity index (χ1n) is 4.11. The number of aromatic nitrogens is 3. The third kappa shape index (κ3) is 2.65. The van der Waals surface area contributed by atoms with E-state index in [0.29, 0.717) is 10.4 Å². The first-order valence-corrected chi connectivity index (χ1v) is 5.50. The van der Waals surface area contributed by atoms with Crippen LogP contribution in [0.3, 0.4) is 0 Å². The zero-order valence-electron chi connectivity index (χ0n) is 8.15. The molecular formula is C7H8F3N3O2S. The Bertz CT molecular complexity index is 391. The quantitative estimate of drug-likeness (QED) is 0.879. The number of nitrogens with zero attached hydrogens (tertiary/aromatic N) is 3. The van der Waals surface area contributed by atoms with Crippen molar-refractivity contribution in [3.05, 3.63) is 11.4 Å². The third-order valence-corrected chi connectivity index (χ3v) is 2.30. The number of thioether (sulfide) groups is 1. The van der Waals surface area contributed by atoms with Crippen molar-refractivity contribution in [1.82, 2.24) is 15.0 Å². The molecule has 1 heterocycles. The number of carboxylic acid groups (broad SMARTS) is 1. The summed E-state index contributed by atoms with van der Waals surface area (Å²) in [5.74, 6) is -1.34. The van der Waals surface area contributed by atoms with Gasteiger partial charge in [0.2, 0.25) is 5.69 Å². The number of hydrogen-bond donors (Lipinski definition) is 1. The van der Waals surface area contributed by atoms with E-state index in [4.69, 9.17) is 5.11 Å². The molecule has 0 atom stereocenters. The summed E-state index contributed by atoms with van der Waals surface area (Å²) in [5.41, 5.74) is -2.37. The van der Waals surface area contributed by atoms with E-state index in [-0.39, 0.29) is 6.54 Å². The lowest BCUT2D eigenvalue weighted by molar-refractivity contribution is -0.144. The van der Waals surface area contributed by atoms with Crippen molar-refractivity contribution in [1.29, 1.82) is 0 Å². The van der Waals surface area contributed by atoms with Gasteiger partial charge in [-0.2, -0.15) is 24.9 Å². The van der Waals surface area contributed by atoms with Gasteiger partial charge >= 0.3 is 12.1 Å². The van der Waals surface area contributed by atoms with Crippen molar-refractivity contribution in [3.63, 3.8) is 0 Å². The average molecular weight is 255 g/mol. The molecule has 0 aliphatic heterocycles. The van der Waals surface area contributed by atoms with E-state index < -0.39 is 23.5 Å². The Hall–Kier alpha value is -1.25. The van der Waals surface area contributed by atoms with Crippen molar-refractivity contribution >= 4 is 17.7 Å². The molecule has 90 valence electrons. The van der Waals surface area contributed by atoms with Gasteiger partial charge < -0.3 is 5.11 Å². The molecule has 0 amide bonds. The lowest BCUT2D eigenvalue weighted by atomic mass is 10.3. The minimum absolute atomic E-state index is 0.0315. The number of alkyl halides is 3. The summed E-state index contributed by atoms with van der Waals surface area (Å²) in [6.07, 6.45) is -3.04. The number of aromatic carboxylic acids is 1. The van der Waals surface area contributed by atoms with Crippen LogP contribution in [0.25, 0.3) is 0 Å². The zero-order valence-corrected chi connectivity index (χ0v) is 8.97. The molecule has 1 aromatic rings. The van der Waals surface area contributed by atoms with E-state index >= 15 is 0 Å². The third-order valence-electron chi connectivity index (χ3n) is 1.71. The Labute approximate surface area is 92.6 Å². The van der Waals surface area contributed by atoms with Crippen molar-refractivity contribution < 1.29 is 23.1 Å². The number of halogens is 3. The van der Waals surface area contributed by atoms with Gasteiger partial charge in [0.05, 0.1) is 6.54 Å². The molecule has 5 nitrogen and oxygen atoms in total. The fraction of sp³-hybridized carbons (Fsp3) is 0.571. The summed E-state index contributed by atoms with van der Waals surface area (Å²) in [6.45, 7) is -0.0315. The number of carboxylic acids is 1. The fourth-order valence-corrected chi connectivity index (χ4v) is 1.43. The molecule has 0 radical (unpaired) electrons. The molecule has 16 heavy (non-hydrogen) atoms. The first kappa shape index (κ1) is 12.8. The monoisotopic (exact) mass is 255 g/mol. The van der Waals surface area contributed by atoms with Crippen LogP contribution < -0.4 is 0 Å². The van der Waals surface area contributed by atoms with Crippen LogP contribution in [-0.2, 0) is 12.7 Å². The Morgan fingerprint density at radius 2 is 2.19 bits per heavy atom. The molecule has 0 spiro atoms. The van der Waals surface area contributed by atoms with Gasteiger partial charge in [0.25, 0.3) is 0 Å². The second kappa shape index (κ2) is 4.73. The largest absolute Gasteiger partial charge is 0.476 e. The topological polar surface area (TPSA) is 68.0 Å². The molecule has 0 saturated heterocycles. The van der Waals surface area contributed by atoms with Crippen molar-refractivity contribution in [3.8, 4) is 0 Å². The molecule has 1 aromatic heterocycles. The molecule has 0 unspecified atom stereocenters. The summed E-state index contributed by atoms with van der Waals surface area (Å²) < 4.78 is 38.2. The first-order chi connectivity index (χ1) is 7.38. The number of hydrogen-bond acceptors (Lipinski definition) is 4. The van der Waals surface area contributed by atoms with Crippen LogP contribution in [0.4, 0.5) is 13.2 Å². The number of carbonyl (C=O) groups is 1. The van der Waals surface area contributed by atoms with Gasteiger partial charge in [-0.3, -0.25) is 0 Å². The lowest BCUT2D eigenvalue weighted by Crippen LogP contribution is -2.19. The standard InChI is InChI=1S/C7H8F3N3O2S/c1-16-3-2-13-5(7(8,9)10)4(6(14)15)11-12-13/h2-3H2,1H3,(H,14,15). The maximum Gasteiger partial charge on any atom is 0.435 e. The van der Waals surface area contributed by atoms with Gasteiger partial charge in [0.1, 0.15) is 0 Å². The van der Waals surface area contributed by atoms with E-state index in [2.05, 4.69) is 10.3 Å². The summed E-state index contributed by atoms with van der Waals surface area (Å²) in [5, 5.41) is 14.8. The van der Waals surface area contributed by atoms with Gasteiger partial charge in [-0.05, 0) is 6.26 Å². The number of aryl methyl sites for hydroxylation is 1. The van der Waals surface area contributed by atoms with Crippen LogP contribution in [0.2, 0.25) is 0 Å². The highest BCUT2D eigenvalue weighted by Gasteiger charge is 2.41. The van der Waals surface area contributed by atoms with Crippen LogP contribution in [0.5, 0.6) is 0 Å². The molecule has 1 rings (SSSR count). The second-order valence-corrected chi connectivity index (χ2v) is 3.79. The van der Waals surface area contributed by atoms with E-state index in [1.165, 1.54) is 11.8 Å². The lowest BCUT2D eigenvalue weighted by Gasteiger charge is -2.09. The van der Waals surface area contributed by atoms with Gasteiger partial charge in [0, 0.05) is 5.75 Å². The summed E-state index contributed by atoms with van der Waals surface area (Å²) in [6, 6.07) is 0. The van der Waals surface area contributed by atoms with Crippen LogP contribution >= 0.6 is 11.8 Å². The smallest absolute Gasteiger partial charge is 0.435 e. The second-order valence-electron chi connectivity index (χ2n) is 2.81. The zero-order chi connectivity index (χ0) is 12.3. The van der Waals surface area contributed by atoms with E-state index in [1.807, 2.05) is 0 Å². The molecule has 0 aliphatic rings. The van der Waals surface area contributed by atoms with Crippen LogP contribution in [0, 0.1) is 0 Å². The maximum absolute atomic E-state index is 12.6. The Balaban J connectivity index is 3.15. The van der Waals surface area contributed by atoms with E-state index in [1.54, 1.807) is 6.26 Å². The minimum Gasteiger partial charge on any atom is -0.476 e. The Morgan fingerprint density at radius 3 is 2.62 bits per heavy atom. The number of rotatable bonds is 4. The van der Waals surface area contributed by atoms with Gasteiger partial charge in [-0.1, -0.05) is 5.21 Å². The molecule has 0 fully saturated rings. The molecule has 9 heteroatoms. The Kier molecular flexibility index (Phi) is 3.79. The normalized spacial score (nSPS) is 11.8. The van der Waals surface area contributed by atoms with Crippen molar-refractivity contribution in [2.45, 2.75) is 12.7 Å². The molecule has 0 aromatic carbocycles. The van der Waals surface area contributed by atoms with Gasteiger partial charge in [-0.25, -0.2) is 9.48 Å². The molecular weight excluding hydrogens is 247 g/mol. The van der Waals surface area contributed by atoms with Crippen molar-refractivity contribution in [2.24, 2.45) is 0 Å². The van der Waals surface area contributed by atoms with Crippen LogP contribution in [0.15, 0.2) is 0 Å². The maximum atomic E-state index is 12.6. The molecule has 0 saturated carbocycles. The van der Waals surface area contributed by atoms with Gasteiger partial charge in [0.15, 0.2) is 5.69 Å².